The molecule has 18 heavy (non-hydrogen) atoms. The largest absolute Gasteiger partial charge is 0.381 e. The highest BCUT2D eigenvalue weighted by molar-refractivity contribution is 6.18. The zero-order chi connectivity index (χ0) is 12.8. The summed E-state index contributed by atoms with van der Waals surface area (Å²) in [6, 6.07) is 0.644. The molecule has 0 spiro atoms. The van der Waals surface area contributed by atoms with Crippen LogP contribution in [0.5, 0.6) is 0 Å². The summed E-state index contributed by atoms with van der Waals surface area (Å²) in [6.45, 7) is 1.11. The molecule has 0 saturated heterocycles. The molecule has 2 atom stereocenters. The summed E-state index contributed by atoms with van der Waals surface area (Å²) in [7, 11) is 1.84. The summed E-state index contributed by atoms with van der Waals surface area (Å²) >= 11 is 6.25. The molecule has 0 aromatic heterocycles. The lowest BCUT2D eigenvalue weighted by atomic mass is 9.75. The Morgan fingerprint density at radius 2 is 1.94 bits per heavy atom. The Kier molecular flexibility index (Phi) is 5.78. The van der Waals surface area contributed by atoms with Crippen LogP contribution in [-0.4, -0.2) is 31.7 Å². The summed E-state index contributed by atoms with van der Waals surface area (Å²) in [5.74, 6) is 0.820. The van der Waals surface area contributed by atoms with Crippen molar-refractivity contribution in [3.8, 4) is 0 Å². The van der Waals surface area contributed by atoms with Crippen molar-refractivity contribution < 1.29 is 4.74 Å². The third-order valence-electron chi connectivity index (χ3n) is 4.92. The van der Waals surface area contributed by atoms with E-state index in [1.54, 1.807) is 0 Å². The van der Waals surface area contributed by atoms with Gasteiger partial charge in [0.2, 0.25) is 0 Å². The highest BCUT2D eigenvalue weighted by Gasteiger charge is 2.32. The minimum absolute atomic E-state index is 0.375. The number of halogens is 1. The first-order valence-electron chi connectivity index (χ1n) is 7.60. The fourth-order valence-electron chi connectivity index (χ4n) is 3.56. The first kappa shape index (κ1) is 14.6. The molecule has 0 aliphatic heterocycles. The van der Waals surface area contributed by atoms with Crippen molar-refractivity contribution >= 4 is 11.6 Å². The number of hydrogen-bond acceptors (Lipinski definition) is 2. The molecule has 0 aromatic carbocycles. The second-order valence-electron chi connectivity index (χ2n) is 6.30. The van der Waals surface area contributed by atoms with E-state index in [2.05, 4.69) is 5.32 Å². The second kappa shape index (κ2) is 7.12. The van der Waals surface area contributed by atoms with Crippen molar-refractivity contribution in [2.24, 2.45) is 5.41 Å². The molecule has 0 amide bonds. The summed E-state index contributed by atoms with van der Waals surface area (Å²) in [6.07, 6.45) is 12.2. The summed E-state index contributed by atoms with van der Waals surface area (Å²) in [5.41, 5.74) is 0.375. The second-order valence-corrected chi connectivity index (χ2v) is 6.56. The Balaban J connectivity index is 1.78. The van der Waals surface area contributed by atoms with Gasteiger partial charge in [0.05, 0.1) is 6.10 Å². The molecule has 2 fully saturated rings. The van der Waals surface area contributed by atoms with Crippen LogP contribution in [0.4, 0.5) is 0 Å². The van der Waals surface area contributed by atoms with Crippen molar-refractivity contribution in [2.45, 2.75) is 69.9 Å². The van der Waals surface area contributed by atoms with Gasteiger partial charge in [0.1, 0.15) is 0 Å². The SMILES string of the molecule is COC1CCCC(NCC2(CCl)CCCCC2)C1. The zero-order valence-corrected chi connectivity index (χ0v) is 12.5. The van der Waals surface area contributed by atoms with Crippen LogP contribution in [-0.2, 0) is 4.74 Å². The van der Waals surface area contributed by atoms with E-state index in [1.807, 2.05) is 7.11 Å². The van der Waals surface area contributed by atoms with Crippen LogP contribution >= 0.6 is 11.6 Å². The van der Waals surface area contributed by atoms with Crippen LogP contribution in [0.2, 0.25) is 0 Å². The van der Waals surface area contributed by atoms with E-state index in [-0.39, 0.29) is 0 Å². The normalized spacial score (nSPS) is 32.3. The third kappa shape index (κ3) is 3.85. The Hall–Kier alpha value is 0.210. The highest BCUT2D eigenvalue weighted by atomic mass is 35.5. The number of hydrogen-bond donors (Lipinski definition) is 1. The molecular formula is C15H28ClNO. The number of nitrogens with one attached hydrogen (secondary N) is 1. The smallest absolute Gasteiger partial charge is 0.0586 e. The van der Waals surface area contributed by atoms with Gasteiger partial charge in [-0.2, -0.15) is 0 Å². The standard InChI is InChI=1S/C15H28ClNO/c1-18-14-7-5-6-13(10-14)17-12-15(11-16)8-3-2-4-9-15/h13-14,17H,2-12H2,1H3. The lowest BCUT2D eigenvalue weighted by molar-refractivity contribution is 0.0558. The lowest BCUT2D eigenvalue weighted by Gasteiger charge is -2.38. The molecule has 2 rings (SSSR count). The average molecular weight is 274 g/mol. The monoisotopic (exact) mass is 273 g/mol. The van der Waals surface area contributed by atoms with Gasteiger partial charge in [-0.25, -0.2) is 0 Å². The van der Waals surface area contributed by atoms with Crippen LogP contribution in [0.3, 0.4) is 0 Å². The molecule has 2 aliphatic carbocycles. The van der Waals surface area contributed by atoms with Crippen molar-refractivity contribution in [1.82, 2.24) is 5.32 Å². The Labute approximate surface area is 117 Å². The first-order valence-corrected chi connectivity index (χ1v) is 8.14. The van der Waals surface area contributed by atoms with Crippen LogP contribution in [0.1, 0.15) is 57.8 Å². The number of rotatable bonds is 5. The predicted octanol–water partition coefficient (Wildman–Crippen LogP) is 3.72. The van der Waals surface area contributed by atoms with Gasteiger partial charge in [-0.15, -0.1) is 11.6 Å². The molecule has 2 aliphatic rings. The molecule has 3 heteroatoms. The van der Waals surface area contributed by atoms with E-state index < -0.39 is 0 Å². The number of ether oxygens (including phenoxy) is 1. The van der Waals surface area contributed by atoms with Gasteiger partial charge in [0, 0.05) is 25.6 Å². The first-order chi connectivity index (χ1) is 8.78. The molecule has 106 valence electrons. The maximum Gasteiger partial charge on any atom is 0.0586 e. The van der Waals surface area contributed by atoms with Gasteiger partial charge >= 0.3 is 0 Å². The Morgan fingerprint density at radius 3 is 2.61 bits per heavy atom. The summed E-state index contributed by atoms with van der Waals surface area (Å²) < 4.78 is 5.50. The number of methoxy groups -OCH3 is 1. The molecule has 2 saturated carbocycles. The quantitative estimate of drug-likeness (QED) is 0.771. The van der Waals surface area contributed by atoms with E-state index >= 15 is 0 Å². The molecule has 0 heterocycles. The molecule has 0 aromatic rings. The van der Waals surface area contributed by atoms with E-state index in [0.29, 0.717) is 17.6 Å². The zero-order valence-electron chi connectivity index (χ0n) is 11.7. The Bertz CT molecular complexity index is 241. The van der Waals surface area contributed by atoms with Crippen LogP contribution in [0, 0.1) is 5.41 Å². The highest BCUT2D eigenvalue weighted by Crippen LogP contribution is 2.37. The predicted molar refractivity (Wildman–Crippen MR) is 77.3 cm³/mol. The summed E-state index contributed by atoms with van der Waals surface area (Å²) in [5, 5.41) is 3.78. The minimum atomic E-state index is 0.375. The Morgan fingerprint density at radius 1 is 1.17 bits per heavy atom. The molecule has 0 bridgehead atoms. The van der Waals surface area contributed by atoms with Crippen molar-refractivity contribution in [3.05, 3.63) is 0 Å². The molecular weight excluding hydrogens is 246 g/mol. The molecule has 2 nitrogen and oxygen atoms in total. The van der Waals surface area contributed by atoms with Gasteiger partial charge in [-0.05, 0) is 43.9 Å². The summed E-state index contributed by atoms with van der Waals surface area (Å²) in [4.78, 5) is 0. The topological polar surface area (TPSA) is 21.3 Å². The van der Waals surface area contributed by atoms with Crippen molar-refractivity contribution in [3.63, 3.8) is 0 Å². The minimum Gasteiger partial charge on any atom is -0.381 e. The van der Waals surface area contributed by atoms with Gasteiger partial charge in [0.15, 0.2) is 0 Å². The van der Waals surface area contributed by atoms with E-state index in [1.165, 1.54) is 57.8 Å². The molecule has 2 unspecified atom stereocenters. The van der Waals surface area contributed by atoms with Crippen LogP contribution < -0.4 is 5.32 Å². The maximum absolute atomic E-state index is 6.25. The van der Waals surface area contributed by atoms with Crippen LogP contribution in [0.15, 0.2) is 0 Å². The number of alkyl halides is 1. The van der Waals surface area contributed by atoms with Gasteiger partial charge in [-0.1, -0.05) is 19.3 Å². The molecule has 0 radical (unpaired) electrons. The van der Waals surface area contributed by atoms with Gasteiger partial charge in [0.25, 0.3) is 0 Å². The fraction of sp³-hybridized carbons (Fsp3) is 1.00. The van der Waals surface area contributed by atoms with Crippen molar-refractivity contribution in [2.75, 3.05) is 19.5 Å². The van der Waals surface area contributed by atoms with E-state index in [4.69, 9.17) is 16.3 Å². The maximum atomic E-state index is 6.25. The van der Waals surface area contributed by atoms with Gasteiger partial charge < -0.3 is 10.1 Å². The molecule has 1 N–H and O–H groups in total. The van der Waals surface area contributed by atoms with E-state index in [0.717, 1.165) is 12.4 Å². The fourth-order valence-corrected chi connectivity index (χ4v) is 3.93. The average Bonchev–Trinajstić information content (AvgIpc) is 2.46. The van der Waals surface area contributed by atoms with Crippen LogP contribution in [0.25, 0.3) is 0 Å². The van der Waals surface area contributed by atoms with Gasteiger partial charge in [-0.3, -0.25) is 0 Å². The van der Waals surface area contributed by atoms with Crippen molar-refractivity contribution in [1.29, 1.82) is 0 Å². The lowest BCUT2D eigenvalue weighted by Crippen LogP contribution is -2.44. The van der Waals surface area contributed by atoms with E-state index in [9.17, 15) is 0 Å². The third-order valence-corrected chi connectivity index (χ3v) is 5.49.